The molecule has 260 valence electrons. The zero-order valence-corrected chi connectivity index (χ0v) is 30.6. The van der Waals surface area contributed by atoms with Gasteiger partial charge in [0.2, 0.25) is 11.8 Å². The molecule has 9 nitrogen and oxygen atoms in total. The minimum Gasteiger partial charge on any atom is -0.458 e. The van der Waals surface area contributed by atoms with E-state index < -0.39 is 59.2 Å². The van der Waals surface area contributed by atoms with E-state index in [1.807, 2.05) is 62.4 Å². The van der Waals surface area contributed by atoms with Crippen LogP contribution in [0.15, 0.2) is 54.6 Å². The van der Waals surface area contributed by atoms with E-state index >= 15 is 0 Å². The van der Waals surface area contributed by atoms with Crippen LogP contribution in [0.3, 0.4) is 0 Å². The van der Waals surface area contributed by atoms with Gasteiger partial charge in [0.15, 0.2) is 0 Å². The van der Waals surface area contributed by atoms with Crippen LogP contribution >= 0.6 is 12.6 Å². The minimum atomic E-state index is -1.13. The van der Waals surface area contributed by atoms with Crippen LogP contribution in [0.1, 0.15) is 97.9 Å². The molecule has 0 saturated carbocycles. The quantitative estimate of drug-likeness (QED) is 0.155. The van der Waals surface area contributed by atoms with E-state index in [0.29, 0.717) is 17.9 Å². The van der Waals surface area contributed by atoms with E-state index in [9.17, 15) is 19.2 Å². The fourth-order valence-electron chi connectivity index (χ4n) is 5.07. The van der Waals surface area contributed by atoms with Crippen LogP contribution in [0, 0.1) is 12.8 Å². The topological polar surface area (TPSA) is 114 Å². The highest BCUT2D eigenvalue weighted by molar-refractivity contribution is 7.80. The number of aryl methyl sites for hydroxylation is 1. The first kappa shape index (κ1) is 39.6. The Morgan fingerprint density at radius 3 is 1.96 bits per heavy atom. The molecular weight excluding hydrogens is 614 g/mol. The summed E-state index contributed by atoms with van der Waals surface area (Å²) < 4.78 is 11.2. The fourth-order valence-corrected chi connectivity index (χ4v) is 5.32. The summed E-state index contributed by atoms with van der Waals surface area (Å²) in [6.45, 7) is 18.5. The number of esters is 1. The summed E-state index contributed by atoms with van der Waals surface area (Å²) in [5.41, 5.74) is 0.745. The minimum absolute atomic E-state index is 0.0256. The van der Waals surface area contributed by atoms with Crippen LogP contribution in [0.5, 0.6) is 0 Å². The molecule has 0 bridgehead atoms. The Labute approximate surface area is 286 Å². The molecular formula is C37H55N3O6S. The van der Waals surface area contributed by atoms with Gasteiger partial charge in [-0.2, -0.15) is 12.6 Å². The number of benzene rings is 2. The Balaban J connectivity index is 2.65. The predicted molar refractivity (Wildman–Crippen MR) is 189 cm³/mol. The second-order valence-electron chi connectivity index (χ2n) is 14.5. The van der Waals surface area contributed by atoms with Gasteiger partial charge in [-0.15, -0.1) is 0 Å². The highest BCUT2D eigenvalue weighted by atomic mass is 32.1. The SMILES string of the molecule is Cc1cccc(C(C(=O)NC(Cc2ccccc2)C(=O)OC(C)(C)C)N(C(=O)C(CS)NC(=O)OC(C)(C)C)C(C)CCC(C)C)c1. The highest BCUT2D eigenvalue weighted by Gasteiger charge is 2.40. The third-order valence-corrected chi connectivity index (χ3v) is 7.60. The maximum Gasteiger partial charge on any atom is 0.408 e. The Kier molecular flexibility index (Phi) is 14.8. The zero-order chi connectivity index (χ0) is 35.5. The van der Waals surface area contributed by atoms with E-state index in [-0.39, 0.29) is 12.2 Å². The van der Waals surface area contributed by atoms with Gasteiger partial charge < -0.3 is 25.0 Å². The molecule has 0 fully saturated rings. The van der Waals surface area contributed by atoms with Crippen LogP contribution in [0.25, 0.3) is 0 Å². The number of hydrogen-bond acceptors (Lipinski definition) is 7. The van der Waals surface area contributed by atoms with Crippen LogP contribution < -0.4 is 10.6 Å². The van der Waals surface area contributed by atoms with Gasteiger partial charge in [-0.05, 0) is 85.3 Å². The number of amides is 3. The lowest BCUT2D eigenvalue weighted by molar-refractivity contribution is -0.159. The van der Waals surface area contributed by atoms with Gasteiger partial charge in [0.1, 0.15) is 29.3 Å². The lowest BCUT2D eigenvalue weighted by atomic mass is 9.96. The molecule has 2 rings (SSSR count). The van der Waals surface area contributed by atoms with Crippen molar-refractivity contribution in [1.29, 1.82) is 0 Å². The van der Waals surface area contributed by atoms with E-state index in [1.165, 1.54) is 4.90 Å². The summed E-state index contributed by atoms with van der Waals surface area (Å²) >= 11 is 4.41. The summed E-state index contributed by atoms with van der Waals surface area (Å²) in [7, 11) is 0. The van der Waals surface area contributed by atoms with Crippen LogP contribution in [-0.4, -0.2) is 63.9 Å². The van der Waals surface area contributed by atoms with Crippen molar-refractivity contribution < 1.29 is 28.7 Å². The van der Waals surface area contributed by atoms with E-state index in [4.69, 9.17) is 9.47 Å². The van der Waals surface area contributed by atoms with Crippen molar-refractivity contribution in [3.05, 3.63) is 71.3 Å². The van der Waals surface area contributed by atoms with E-state index in [0.717, 1.165) is 17.5 Å². The highest BCUT2D eigenvalue weighted by Crippen LogP contribution is 2.29. The van der Waals surface area contributed by atoms with Crippen molar-refractivity contribution in [2.24, 2.45) is 5.92 Å². The monoisotopic (exact) mass is 669 g/mol. The first-order chi connectivity index (χ1) is 21.8. The first-order valence-electron chi connectivity index (χ1n) is 16.4. The number of ether oxygens (including phenoxy) is 2. The Morgan fingerprint density at radius 2 is 1.43 bits per heavy atom. The molecule has 2 aromatic carbocycles. The molecule has 0 spiro atoms. The van der Waals surface area contributed by atoms with Crippen LogP contribution in [0.2, 0.25) is 0 Å². The molecule has 4 atom stereocenters. The summed E-state index contributed by atoms with van der Waals surface area (Å²) in [5.74, 6) is -1.28. The van der Waals surface area contributed by atoms with Crippen molar-refractivity contribution in [2.75, 3.05) is 5.75 Å². The predicted octanol–water partition coefficient (Wildman–Crippen LogP) is 6.58. The number of thiol groups is 1. The smallest absolute Gasteiger partial charge is 0.408 e. The van der Waals surface area contributed by atoms with Crippen molar-refractivity contribution in [2.45, 2.75) is 124 Å². The van der Waals surface area contributed by atoms with Gasteiger partial charge in [-0.1, -0.05) is 74.0 Å². The molecule has 0 aliphatic rings. The summed E-state index contributed by atoms with van der Waals surface area (Å²) in [5, 5.41) is 5.61. The van der Waals surface area contributed by atoms with Crippen molar-refractivity contribution in [3.8, 4) is 0 Å². The van der Waals surface area contributed by atoms with E-state index in [2.05, 4.69) is 37.1 Å². The van der Waals surface area contributed by atoms with Crippen LogP contribution in [0.4, 0.5) is 4.79 Å². The van der Waals surface area contributed by atoms with Crippen molar-refractivity contribution >= 4 is 36.5 Å². The van der Waals surface area contributed by atoms with E-state index in [1.54, 1.807) is 47.6 Å². The molecule has 0 radical (unpaired) electrons. The number of alkyl carbamates (subject to hydrolysis) is 1. The second kappa shape index (κ2) is 17.6. The molecule has 0 aliphatic carbocycles. The number of carbonyl (C=O) groups is 4. The van der Waals surface area contributed by atoms with Gasteiger partial charge >= 0.3 is 12.1 Å². The van der Waals surface area contributed by atoms with Crippen molar-refractivity contribution in [1.82, 2.24) is 15.5 Å². The second-order valence-corrected chi connectivity index (χ2v) is 14.9. The summed E-state index contributed by atoms with van der Waals surface area (Å²) in [4.78, 5) is 56.9. The molecule has 0 saturated heterocycles. The van der Waals surface area contributed by atoms with Crippen LogP contribution in [-0.2, 0) is 30.3 Å². The molecule has 3 amide bonds. The number of hydrogen-bond donors (Lipinski definition) is 3. The lowest BCUT2D eigenvalue weighted by Crippen LogP contribution is -2.57. The fraction of sp³-hybridized carbons (Fsp3) is 0.568. The molecule has 10 heteroatoms. The average Bonchev–Trinajstić information content (AvgIpc) is 2.95. The number of carbonyl (C=O) groups excluding carboxylic acids is 4. The van der Waals surface area contributed by atoms with Crippen molar-refractivity contribution in [3.63, 3.8) is 0 Å². The Hall–Kier alpha value is -3.53. The normalized spacial score (nSPS) is 14.4. The Bertz CT molecular complexity index is 1340. The first-order valence-corrected chi connectivity index (χ1v) is 17.0. The number of nitrogens with one attached hydrogen (secondary N) is 2. The molecule has 0 heterocycles. The maximum atomic E-state index is 14.6. The molecule has 2 N–H and O–H groups in total. The zero-order valence-electron chi connectivity index (χ0n) is 29.8. The standard InChI is InChI=1S/C37H55N3O6S/c1-24(2)19-20-26(4)40(33(42)30(23-47)39-35(44)46-37(8,9)10)31(28-18-14-15-25(3)21-28)32(41)38-29(34(43)45-36(5,6)7)22-27-16-12-11-13-17-27/h11-18,21,24,26,29-31,47H,19-20,22-23H2,1-10H3,(H,38,41)(H,39,44). The largest absolute Gasteiger partial charge is 0.458 e. The molecule has 4 unspecified atom stereocenters. The van der Waals surface area contributed by atoms with Gasteiger partial charge in [-0.25, -0.2) is 9.59 Å². The number of nitrogens with zero attached hydrogens (tertiary/aromatic N) is 1. The third-order valence-electron chi connectivity index (χ3n) is 7.24. The molecule has 0 aromatic heterocycles. The Morgan fingerprint density at radius 1 is 0.809 bits per heavy atom. The van der Waals surface area contributed by atoms with Gasteiger partial charge in [0.25, 0.3) is 0 Å². The van der Waals surface area contributed by atoms with Gasteiger partial charge in [-0.3, -0.25) is 9.59 Å². The number of rotatable bonds is 14. The third kappa shape index (κ3) is 13.6. The maximum absolute atomic E-state index is 14.6. The lowest BCUT2D eigenvalue weighted by Gasteiger charge is -2.39. The summed E-state index contributed by atoms with van der Waals surface area (Å²) in [6, 6.07) is 13.1. The summed E-state index contributed by atoms with van der Waals surface area (Å²) in [6.07, 6.45) is 0.832. The van der Waals surface area contributed by atoms with Gasteiger partial charge in [0.05, 0.1) is 0 Å². The molecule has 0 aliphatic heterocycles. The molecule has 47 heavy (non-hydrogen) atoms. The average molecular weight is 670 g/mol. The van der Waals surface area contributed by atoms with Gasteiger partial charge in [0, 0.05) is 18.2 Å². The molecule has 2 aromatic rings.